The molecule has 0 radical (unpaired) electrons. The van der Waals surface area contributed by atoms with Gasteiger partial charge >= 0.3 is 0 Å². The van der Waals surface area contributed by atoms with E-state index in [1.54, 1.807) is 10.9 Å². The molecule has 0 aromatic carbocycles. The van der Waals surface area contributed by atoms with Crippen LogP contribution in [0, 0.1) is 5.92 Å². The number of rotatable bonds is 5. The average Bonchev–Trinajstić information content (AvgIpc) is 3.17. The highest BCUT2D eigenvalue weighted by Crippen LogP contribution is 2.31. The molecule has 0 spiro atoms. The third-order valence-electron chi connectivity index (χ3n) is 3.93. The summed E-state index contributed by atoms with van der Waals surface area (Å²) >= 11 is 0. The van der Waals surface area contributed by atoms with E-state index >= 15 is 0 Å². The minimum absolute atomic E-state index is 0. The van der Waals surface area contributed by atoms with Crippen LogP contribution < -0.4 is 5.73 Å². The first kappa shape index (κ1) is 16.0. The van der Waals surface area contributed by atoms with Crippen molar-refractivity contribution in [1.29, 1.82) is 0 Å². The van der Waals surface area contributed by atoms with Crippen molar-refractivity contribution in [2.24, 2.45) is 11.7 Å². The Morgan fingerprint density at radius 1 is 1.52 bits per heavy atom. The molecule has 7 heteroatoms. The minimum Gasteiger partial charge on any atom is -0.338 e. The molecule has 0 atom stereocenters. The highest BCUT2D eigenvalue weighted by molar-refractivity contribution is 5.96. The van der Waals surface area contributed by atoms with Gasteiger partial charge in [0.25, 0.3) is 5.91 Å². The fourth-order valence-electron chi connectivity index (χ4n) is 2.56. The zero-order valence-corrected chi connectivity index (χ0v) is 12.6. The zero-order chi connectivity index (χ0) is 14.1. The lowest BCUT2D eigenvalue weighted by Gasteiger charge is -2.25. The molecule has 1 aliphatic carbocycles. The van der Waals surface area contributed by atoms with E-state index in [4.69, 9.17) is 5.73 Å². The lowest BCUT2D eigenvalue weighted by atomic mass is 10.1. The molecule has 21 heavy (non-hydrogen) atoms. The van der Waals surface area contributed by atoms with Gasteiger partial charge in [0.15, 0.2) is 0 Å². The number of hydrogen-bond acceptors (Lipinski definition) is 3. The third-order valence-corrected chi connectivity index (χ3v) is 3.93. The van der Waals surface area contributed by atoms with Crippen LogP contribution in [-0.4, -0.2) is 40.2 Å². The predicted octanol–water partition coefficient (Wildman–Crippen LogP) is 1.53. The molecule has 0 unspecified atom stereocenters. The quantitative estimate of drug-likeness (QED) is 0.896. The van der Waals surface area contributed by atoms with E-state index in [1.165, 1.54) is 12.8 Å². The molecule has 2 aliphatic rings. The standard InChI is InChI=1S/C14H19FN4O.ClH/c15-5-11(6-16)8-19-9-12-13(17-19)3-4-18(14(12)20)7-10-1-2-10;/h5,9-10H,1-4,6-8,16H2;1H/b11-5+;. The molecule has 1 aliphatic heterocycles. The Morgan fingerprint density at radius 2 is 2.29 bits per heavy atom. The van der Waals surface area contributed by atoms with Gasteiger partial charge in [-0.15, -0.1) is 12.4 Å². The molecule has 5 nitrogen and oxygen atoms in total. The maximum absolute atomic E-state index is 12.6. The number of carbonyl (C=O) groups is 1. The van der Waals surface area contributed by atoms with Crippen molar-refractivity contribution in [3.05, 3.63) is 29.4 Å². The normalized spacial score (nSPS) is 18.5. The molecule has 1 aromatic heterocycles. The van der Waals surface area contributed by atoms with E-state index in [0.717, 1.165) is 25.2 Å². The van der Waals surface area contributed by atoms with Crippen molar-refractivity contribution in [2.45, 2.75) is 25.8 Å². The fraction of sp³-hybridized carbons (Fsp3) is 0.571. The van der Waals surface area contributed by atoms with Crippen LogP contribution in [0.2, 0.25) is 0 Å². The summed E-state index contributed by atoms with van der Waals surface area (Å²) in [5.41, 5.74) is 7.38. The summed E-state index contributed by atoms with van der Waals surface area (Å²) in [4.78, 5) is 14.3. The average molecular weight is 315 g/mol. The van der Waals surface area contributed by atoms with Crippen LogP contribution in [0.1, 0.15) is 28.9 Å². The summed E-state index contributed by atoms with van der Waals surface area (Å²) in [6, 6.07) is 0. The number of aromatic nitrogens is 2. The molecule has 2 N–H and O–H groups in total. The minimum atomic E-state index is 0. The SMILES string of the molecule is Cl.NC/C(=C\F)Cn1cc2c(n1)CCN(CC1CC1)C2=O. The highest BCUT2D eigenvalue weighted by atomic mass is 35.5. The van der Waals surface area contributed by atoms with E-state index in [9.17, 15) is 9.18 Å². The van der Waals surface area contributed by atoms with Gasteiger partial charge < -0.3 is 10.6 Å². The number of amides is 1. The second-order valence-corrected chi connectivity index (χ2v) is 5.60. The van der Waals surface area contributed by atoms with Gasteiger partial charge in [-0.05, 0) is 24.3 Å². The molecular weight excluding hydrogens is 295 g/mol. The van der Waals surface area contributed by atoms with E-state index in [0.29, 0.717) is 29.9 Å². The molecule has 3 rings (SSSR count). The Hall–Kier alpha value is -1.40. The molecular formula is C14H20ClFN4O. The summed E-state index contributed by atoms with van der Waals surface area (Å²) in [5, 5.41) is 4.37. The van der Waals surface area contributed by atoms with Crippen molar-refractivity contribution in [2.75, 3.05) is 19.6 Å². The molecule has 2 heterocycles. The maximum atomic E-state index is 12.6. The largest absolute Gasteiger partial charge is 0.338 e. The first-order valence-electron chi connectivity index (χ1n) is 7.05. The smallest absolute Gasteiger partial charge is 0.257 e. The van der Waals surface area contributed by atoms with Gasteiger partial charge in [-0.1, -0.05) is 0 Å². The number of nitrogens with two attached hydrogens (primary N) is 1. The molecule has 1 saturated carbocycles. The van der Waals surface area contributed by atoms with Crippen molar-refractivity contribution < 1.29 is 9.18 Å². The van der Waals surface area contributed by atoms with Crippen LogP contribution in [0.5, 0.6) is 0 Å². The second kappa shape index (κ2) is 6.58. The Labute approximate surface area is 129 Å². The first-order valence-corrected chi connectivity index (χ1v) is 7.05. The Kier molecular flexibility index (Phi) is 5.00. The maximum Gasteiger partial charge on any atom is 0.257 e. The van der Waals surface area contributed by atoms with Crippen LogP contribution in [0.3, 0.4) is 0 Å². The Bertz CT molecular complexity index is 553. The molecule has 116 valence electrons. The Balaban J connectivity index is 0.00000161. The molecule has 1 amide bonds. The molecule has 0 bridgehead atoms. The van der Waals surface area contributed by atoms with Gasteiger partial charge in [-0.3, -0.25) is 9.48 Å². The van der Waals surface area contributed by atoms with Crippen LogP contribution in [0.4, 0.5) is 4.39 Å². The van der Waals surface area contributed by atoms with E-state index in [-0.39, 0.29) is 24.9 Å². The van der Waals surface area contributed by atoms with Crippen LogP contribution in [0.25, 0.3) is 0 Å². The van der Waals surface area contributed by atoms with Gasteiger partial charge in [-0.25, -0.2) is 4.39 Å². The van der Waals surface area contributed by atoms with Gasteiger partial charge in [0.1, 0.15) is 0 Å². The van der Waals surface area contributed by atoms with Crippen molar-refractivity contribution >= 4 is 18.3 Å². The van der Waals surface area contributed by atoms with E-state index in [1.807, 2.05) is 4.90 Å². The molecule has 1 fully saturated rings. The lowest BCUT2D eigenvalue weighted by molar-refractivity contribution is 0.0731. The van der Waals surface area contributed by atoms with Crippen LogP contribution in [0.15, 0.2) is 18.1 Å². The first-order chi connectivity index (χ1) is 9.71. The summed E-state index contributed by atoms with van der Waals surface area (Å²) in [7, 11) is 0. The predicted molar refractivity (Wildman–Crippen MR) is 80.1 cm³/mol. The molecule has 0 saturated heterocycles. The zero-order valence-electron chi connectivity index (χ0n) is 11.8. The molecule has 1 aromatic rings. The summed E-state index contributed by atoms with van der Waals surface area (Å²) in [6.45, 7) is 2.06. The third kappa shape index (κ3) is 3.44. The van der Waals surface area contributed by atoms with Gasteiger partial charge in [0, 0.05) is 32.3 Å². The summed E-state index contributed by atoms with van der Waals surface area (Å²) in [6.07, 6.45) is 5.48. The highest BCUT2D eigenvalue weighted by Gasteiger charge is 2.32. The summed E-state index contributed by atoms with van der Waals surface area (Å²) < 4.78 is 14.2. The fourth-order valence-corrected chi connectivity index (χ4v) is 2.56. The lowest BCUT2D eigenvalue weighted by Crippen LogP contribution is -2.38. The Morgan fingerprint density at radius 3 is 2.90 bits per heavy atom. The number of nitrogens with zero attached hydrogens (tertiary/aromatic N) is 3. The number of carbonyl (C=O) groups excluding carboxylic acids is 1. The number of hydrogen-bond donors (Lipinski definition) is 1. The van der Waals surface area contributed by atoms with Gasteiger partial charge in [0.2, 0.25) is 0 Å². The summed E-state index contributed by atoms with van der Waals surface area (Å²) in [5.74, 6) is 0.747. The van der Waals surface area contributed by atoms with Crippen molar-refractivity contribution in [3.8, 4) is 0 Å². The topological polar surface area (TPSA) is 64.2 Å². The second-order valence-electron chi connectivity index (χ2n) is 5.60. The van der Waals surface area contributed by atoms with Gasteiger partial charge in [-0.2, -0.15) is 5.10 Å². The van der Waals surface area contributed by atoms with Crippen LogP contribution in [-0.2, 0) is 13.0 Å². The van der Waals surface area contributed by atoms with Crippen molar-refractivity contribution in [3.63, 3.8) is 0 Å². The van der Waals surface area contributed by atoms with Crippen molar-refractivity contribution in [1.82, 2.24) is 14.7 Å². The van der Waals surface area contributed by atoms with E-state index < -0.39 is 0 Å². The number of halogens is 2. The van der Waals surface area contributed by atoms with E-state index in [2.05, 4.69) is 5.10 Å². The number of fused-ring (bicyclic) bond motifs is 1. The van der Waals surface area contributed by atoms with Crippen LogP contribution >= 0.6 is 12.4 Å². The monoisotopic (exact) mass is 314 g/mol. The van der Waals surface area contributed by atoms with Gasteiger partial charge in [0.05, 0.1) is 24.1 Å².